The second-order valence-corrected chi connectivity index (χ2v) is 12.7. The van der Waals surface area contributed by atoms with E-state index in [-0.39, 0.29) is 19.0 Å². The average molecular weight is 707 g/mol. The first-order chi connectivity index (χ1) is 25.5. The fraction of sp³-hybridized carbons (Fsp3) is 0.341. The monoisotopic (exact) mass is 706 g/mol. The minimum atomic E-state index is -0.414. The van der Waals surface area contributed by atoms with E-state index in [1.165, 1.54) is 12.5 Å². The molecule has 0 N–H and O–H groups in total. The molecule has 5 rings (SSSR count). The van der Waals surface area contributed by atoms with E-state index in [1.54, 1.807) is 24.3 Å². The molecule has 2 unspecified atom stereocenters. The van der Waals surface area contributed by atoms with Gasteiger partial charge in [-0.3, -0.25) is 0 Å². The highest BCUT2D eigenvalue weighted by molar-refractivity contribution is 5.91. The number of carbonyl (C=O) groups is 1. The van der Waals surface area contributed by atoms with Gasteiger partial charge in [-0.15, -0.1) is 0 Å². The van der Waals surface area contributed by atoms with Crippen LogP contribution >= 0.6 is 0 Å². The van der Waals surface area contributed by atoms with Gasteiger partial charge in [-0.2, -0.15) is 0 Å². The molecule has 0 radical (unpaired) electrons. The SMILES string of the molecule is C=COCCCCCCOc1ccc(C(=O)Oc2ccc3c(c2)C(C)c2cc(OCOc4ccc(OC(CCCCC)OC=C)cc4)ccc2-3)cc1. The van der Waals surface area contributed by atoms with E-state index >= 15 is 0 Å². The van der Waals surface area contributed by atoms with Crippen LogP contribution in [0.4, 0.5) is 0 Å². The van der Waals surface area contributed by atoms with Crippen molar-refractivity contribution in [1.29, 1.82) is 0 Å². The summed E-state index contributed by atoms with van der Waals surface area (Å²) in [5.41, 5.74) is 4.95. The molecule has 0 saturated heterocycles. The van der Waals surface area contributed by atoms with Crippen LogP contribution in [0.25, 0.3) is 11.1 Å². The van der Waals surface area contributed by atoms with E-state index in [0.717, 1.165) is 79.4 Å². The third-order valence-corrected chi connectivity index (χ3v) is 8.95. The highest BCUT2D eigenvalue weighted by Crippen LogP contribution is 2.47. The Morgan fingerprint density at radius 3 is 1.96 bits per heavy atom. The number of benzene rings is 4. The Morgan fingerprint density at radius 2 is 1.27 bits per heavy atom. The summed E-state index contributed by atoms with van der Waals surface area (Å²) in [6.45, 7) is 12.9. The Kier molecular flexibility index (Phi) is 14.5. The van der Waals surface area contributed by atoms with Crippen LogP contribution in [0.3, 0.4) is 0 Å². The Bertz CT molecular complexity index is 1730. The zero-order valence-corrected chi connectivity index (χ0v) is 30.4. The van der Waals surface area contributed by atoms with Gasteiger partial charge in [0.15, 0.2) is 0 Å². The first kappa shape index (κ1) is 37.9. The van der Waals surface area contributed by atoms with Crippen molar-refractivity contribution in [3.63, 3.8) is 0 Å². The summed E-state index contributed by atoms with van der Waals surface area (Å²) in [5, 5.41) is 0. The third-order valence-electron chi connectivity index (χ3n) is 8.95. The third kappa shape index (κ3) is 10.8. The van der Waals surface area contributed by atoms with Crippen LogP contribution in [-0.2, 0) is 9.47 Å². The van der Waals surface area contributed by atoms with E-state index in [1.807, 2.05) is 54.6 Å². The van der Waals surface area contributed by atoms with E-state index in [4.69, 9.17) is 33.2 Å². The number of hydrogen-bond donors (Lipinski definition) is 0. The Morgan fingerprint density at radius 1 is 0.673 bits per heavy atom. The largest absolute Gasteiger partial charge is 0.502 e. The van der Waals surface area contributed by atoms with Gasteiger partial charge in [-0.05, 0) is 127 Å². The molecule has 274 valence electrons. The van der Waals surface area contributed by atoms with E-state index in [2.05, 4.69) is 33.1 Å². The van der Waals surface area contributed by atoms with Crippen LogP contribution in [0.2, 0.25) is 0 Å². The summed E-state index contributed by atoms with van der Waals surface area (Å²) in [7, 11) is 0. The van der Waals surface area contributed by atoms with Gasteiger partial charge in [0.05, 0.1) is 31.3 Å². The van der Waals surface area contributed by atoms with Crippen molar-refractivity contribution >= 4 is 5.97 Å². The van der Waals surface area contributed by atoms with Gasteiger partial charge in [0, 0.05) is 12.3 Å². The summed E-state index contributed by atoms with van der Waals surface area (Å²) in [6.07, 6.45) is 10.7. The molecule has 0 aliphatic heterocycles. The predicted octanol–water partition coefficient (Wildman–Crippen LogP) is 11.0. The van der Waals surface area contributed by atoms with E-state index in [9.17, 15) is 4.79 Å². The molecule has 0 aromatic heterocycles. The molecule has 0 heterocycles. The van der Waals surface area contributed by atoms with Gasteiger partial charge in [-0.25, -0.2) is 4.79 Å². The number of hydrogen-bond acceptors (Lipinski definition) is 8. The summed E-state index contributed by atoms with van der Waals surface area (Å²) in [4.78, 5) is 13.0. The van der Waals surface area contributed by atoms with Crippen molar-refractivity contribution in [2.75, 3.05) is 20.0 Å². The molecular formula is C44H50O8. The van der Waals surface area contributed by atoms with Crippen LogP contribution in [0.1, 0.15) is 92.6 Å². The smallest absolute Gasteiger partial charge is 0.343 e. The van der Waals surface area contributed by atoms with Crippen molar-refractivity contribution in [1.82, 2.24) is 0 Å². The van der Waals surface area contributed by atoms with Crippen molar-refractivity contribution in [3.8, 4) is 39.9 Å². The van der Waals surface area contributed by atoms with Gasteiger partial charge in [0.25, 0.3) is 0 Å². The van der Waals surface area contributed by atoms with Crippen LogP contribution in [-0.4, -0.2) is 32.3 Å². The van der Waals surface area contributed by atoms with Gasteiger partial charge in [0.1, 0.15) is 28.7 Å². The highest BCUT2D eigenvalue weighted by atomic mass is 16.7. The molecule has 4 aromatic carbocycles. The number of ether oxygens (including phenoxy) is 7. The zero-order valence-electron chi connectivity index (χ0n) is 30.4. The van der Waals surface area contributed by atoms with Gasteiger partial charge < -0.3 is 33.2 Å². The lowest BCUT2D eigenvalue weighted by Gasteiger charge is -2.18. The molecule has 4 aromatic rings. The van der Waals surface area contributed by atoms with Crippen molar-refractivity contribution in [2.24, 2.45) is 0 Å². The van der Waals surface area contributed by atoms with Crippen molar-refractivity contribution < 1.29 is 38.0 Å². The normalized spacial score (nSPS) is 13.2. The lowest BCUT2D eigenvalue weighted by molar-refractivity contribution is -0.0360. The topological polar surface area (TPSA) is 81.7 Å². The maximum atomic E-state index is 13.0. The highest BCUT2D eigenvalue weighted by Gasteiger charge is 2.27. The fourth-order valence-electron chi connectivity index (χ4n) is 6.13. The van der Waals surface area contributed by atoms with Gasteiger partial charge >= 0.3 is 5.97 Å². The van der Waals surface area contributed by atoms with Crippen LogP contribution in [0, 0.1) is 0 Å². The van der Waals surface area contributed by atoms with Crippen molar-refractivity contribution in [2.45, 2.75) is 77.4 Å². The van der Waals surface area contributed by atoms with E-state index in [0.29, 0.717) is 41.8 Å². The Balaban J connectivity index is 1.08. The van der Waals surface area contributed by atoms with Crippen LogP contribution in [0.5, 0.6) is 28.7 Å². The summed E-state index contributed by atoms with van der Waals surface area (Å²) in [6, 6.07) is 26.3. The molecule has 1 aliphatic carbocycles. The lowest BCUT2D eigenvalue weighted by atomic mass is 9.99. The molecule has 0 saturated carbocycles. The molecule has 8 heteroatoms. The van der Waals surface area contributed by atoms with Crippen LogP contribution < -0.4 is 23.7 Å². The summed E-state index contributed by atoms with van der Waals surface area (Å²) < 4.78 is 40.1. The molecule has 8 nitrogen and oxygen atoms in total. The Labute approximate surface area is 307 Å². The summed E-state index contributed by atoms with van der Waals surface area (Å²) in [5.74, 6) is 2.99. The molecule has 0 fully saturated rings. The maximum Gasteiger partial charge on any atom is 0.343 e. The minimum absolute atomic E-state index is 0.0552. The second-order valence-electron chi connectivity index (χ2n) is 12.7. The average Bonchev–Trinajstić information content (AvgIpc) is 3.43. The number of fused-ring (bicyclic) bond motifs is 3. The number of carbonyl (C=O) groups excluding carboxylic acids is 1. The van der Waals surface area contributed by atoms with Gasteiger partial charge in [0.2, 0.25) is 13.1 Å². The zero-order chi connectivity index (χ0) is 36.5. The minimum Gasteiger partial charge on any atom is -0.502 e. The van der Waals surface area contributed by atoms with Gasteiger partial charge in [-0.1, -0.05) is 52.0 Å². The molecule has 2 atom stereocenters. The first-order valence-electron chi connectivity index (χ1n) is 18.2. The predicted molar refractivity (Wildman–Crippen MR) is 203 cm³/mol. The molecule has 1 aliphatic rings. The number of unbranched alkanes of at least 4 members (excludes halogenated alkanes) is 5. The number of esters is 1. The Hall–Kier alpha value is -5.37. The summed E-state index contributed by atoms with van der Waals surface area (Å²) >= 11 is 0. The van der Waals surface area contributed by atoms with Crippen molar-refractivity contribution in [3.05, 3.63) is 127 Å². The van der Waals surface area contributed by atoms with E-state index < -0.39 is 5.97 Å². The maximum absolute atomic E-state index is 13.0. The van der Waals surface area contributed by atoms with Crippen LogP contribution in [0.15, 0.2) is 111 Å². The molecule has 0 spiro atoms. The lowest BCUT2D eigenvalue weighted by Crippen LogP contribution is -2.18. The quantitative estimate of drug-likeness (QED) is 0.0248. The molecule has 52 heavy (non-hydrogen) atoms. The fourth-order valence-corrected chi connectivity index (χ4v) is 6.13. The first-order valence-corrected chi connectivity index (χ1v) is 18.2. The molecular weight excluding hydrogens is 656 g/mol. The second kappa shape index (κ2) is 19.9. The molecule has 0 amide bonds. The molecule has 0 bridgehead atoms. The standard InChI is InChI=1S/C44H50O8/c1-5-8-11-14-43(47-7-3)51-36-21-19-35(20-22-36)49-31-50-37-23-25-39-40-26-24-38(30-42(40)32(4)41(39)29-37)52-44(45)33-15-17-34(18-16-33)48-28-13-10-9-12-27-46-6-2/h6-7,15-26,29-30,32,43H,2-3,5,8-14,27-28,31H2,1,4H3. The number of rotatable bonds is 23.